The SMILES string of the molecule is Cc1cc(Cl)ccc1N1C(=O)/C(=C\C=C\c2ccccc2[N+](=O)[O-])NC1=S. The number of rotatable bonds is 4. The summed E-state index contributed by atoms with van der Waals surface area (Å²) in [5.41, 5.74) is 2.18. The van der Waals surface area contributed by atoms with E-state index in [1.54, 1.807) is 48.6 Å². The Kier molecular flexibility index (Phi) is 5.34. The summed E-state index contributed by atoms with van der Waals surface area (Å²) in [7, 11) is 0. The average Bonchev–Trinajstić information content (AvgIpc) is 2.89. The van der Waals surface area contributed by atoms with Gasteiger partial charge in [0.2, 0.25) is 0 Å². The van der Waals surface area contributed by atoms with Gasteiger partial charge in [-0.25, -0.2) is 0 Å². The highest BCUT2D eigenvalue weighted by Crippen LogP contribution is 2.27. The predicted octanol–water partition coefficient (Wildman–Crippen LogP) is 4.38. The Bertz CT molecular complexity index is 1020. The van der Waals surface area contributed by atoms with Crippen molar-refractivity contribution in [2.75, 3.05) is 4.90 Å². The van der Waals surface area contributed by atoms with Crippen molar-refractivity contribution in [3.8, 4) is 0 Å². The summed E-state index contributed by atoms with van der Waals surface area (Å²) in [5.74, 6) is -0.308. The van der Waals surface area contributed by atoms with Gasteiger partial charge in [0, 0.05) is 11.1 Å². The van der Waals surface area contributed by atoms with Crippen molar-refractivity contribution in [3.05, 3.63) is 86.6 Å². The molecule has 2 aromatic rings. The monoisotopic (exact) mass is 399 g/mol. The quantitative estimate of drug-likeness (QED) is 0.357. The van der Waals surface area contributed by atoms with E-state index >= 15 is 0 Å². The fraction of sp³-hybridized carbons (Fsp3) is 0.0526. The number of thiocarbonyl (C=S) groups is 1. The summed E-state index contributed by atoms with van der Waals surface area (Å²) < 4.78 is 0. The molecule has 0 radical (unpaired) electrons. The van der Waals surface area contributed by atoms with Crippen LogP contribution in [0.4, 0.5) is 11.4 Å². The van der Waals surface area contributed by atoms with Gasteiger partial charge in [-0.05, 0) is 61.1 Å². The topological polar surface area (TPSA) is 75.5 Å². The third kappa shape index (κ3) is 3.89. The van der Waals surface area contributed by atoms with Gasteiger partial charge >= 0.3 is 0 Å². The number of nitrogens with zero attached hydrogens (tertiary/aromatic N) is 2. The number of anilines is 1. The molecule has 0 atom stereocenters. The molecule has 1 aliphatic rings. The van der Waals surface area contributed by atoms with E-state index in [0.717, 1.165) is 5.56 Å². The van der Waals surface area contributed by atoms with Crippen LogP contribution in [0.25, 0.3) is 6.08 Å². The van der Waals surface area contributed by atoms with Crippen molar-refractivity contribution >= 4 is 52.3 Å². The summed E-state index contributed by atoms with van der Waals surface area (Å²) in [5, 5.41) is 14.8. The van der Waals surface area contributed by atoms with Crippen molar-refractivity contribution < 1.29 is 9.72 Å². The number of hydrogen-bond donors (Lipinski definition) is 1. The molecule has 3 rings (SSSR count). The second-order valence-corrected chi connectivity index (χ2v) is 6.58. The fourth-order valence-electron chi connectivity index (χ4n) is 2.68. The predicted molar refractivity (Wildman–Crippen MR) is 110 cm³/mol. The molecule has 0 aliphatic carbocycles. The molecule has 1 heterocycles. The summed E-state index contributed by atoms with van der Waals surface area (Å²) >= 11 is 11.2. The number of allylic oxidation sites excluding steroid dienone is 2. The molecule has 1 saturated heterocycles. The van der Waals surface area contributed by atoms with Gasteiger partial charge in [0.15, 0.2) is 5.11 Å². The first-order chi connectivity index (χ1) is 12.9. The lowest BCUT2D eigenvalue weighted by molar-refractivity contribution is -0.385. The summed E-state index contributed by atoms with van der Waals surface area (Å²) in [6.07, 6.45) is 4.68. The Morgan fingerprint density at radius 1 is 1.26 bits per heavy atom. The molecule has 27 heavy (non-hydrogen) atoms. The van der Waals surface area contributed by atoms with Crippen LogP contribution in [0.15, 0.2) is 60.3 Å². The van der Waals surface area contributed by atoms with Crippen LogP contribution in [0.1, 0.15) is 11.1 Å². The number of nitro groups is 1. The molecule has 8 heteroatoms. The number of aryl methyl sites for hydroxylation is 1. The lowest BCUT2D eigenvalue weighted by Crippen LogP contribution is -2.30. The second kappa shape index (κ2) is 7.69. The molecule has 6 nitrogen and oxygen atoms in total. The summed E-state index contributed by atoms with van der Waals surface area (Å²) in [6, 6.07) is 11.5. The van der Waals surface area contributed by atoms with Crippen LogP contribution < -0.4 is 10.2 Å². The van der Waals surface area contributed by atoms with Gasteiger partial charge in [0.25, 0.3) is 11.6 Å². The van der Waals surface area contributed by atoms with Crippen LogP contribution in [0.2, 0.25) is 5.02 Å². The van der Waals surface area contributed by atoms with Crippen LogP contribution in [-0.2, 0) is 4.79 Å². The Balaban J connectivity index is 1.86. The number of nitro benzene ring substituents is 1. The molecule has 1 aliphatic heterocycles. The Hall–Kier alpha value is -3.03. The molecule has 0 aromatic heterocycles. The number of nitrogens with one attached hydrogen (secondary N) is 1. The average molecular weight is 400 g/mol. The van der Waals surface area contributed by atoms with Crippen LogP contribution in [-0.4, -0.2) is 15.9 Å². The normalized spacial score (nSPS) is 15.6. The van der Waals surface area contributed by atoms with Gasteiger partial charge in [0.05, 0.1) is 16.2 Å². The molecular formula is C19H14ClN3O3S. The molecule has 0 spiro atoms. The minimum absolute atomic E-state index is 0.00760. The zero-order valence-corrected chi connectivity index (χ0v) is 15.8. The lowest BCUT2D eigenvalue weighted by Gasteiger charge is -2.16. The Labute approximate surface area is 165 Å². The highest BCUT2D eigenvalue weighted by Gasteiger charge is 2.32. The third-order valence-corrected chi connectivity index (χ3v) is 4.47. The van der Waals surface area contributed by atoms with Gasteiger partial charge in [0.1, 0.15) is 5.70 Å². The highest BCUT2D eigenvalue weighted by atomic mass is 35.5. The van der Waals surface area contributed by atoms with Crippen LogP contribution >= 0.6 is 23.8 Å². The van der Waals surface area contributed by atoms with Gasteiger partial charge < -0.3 is 5.32 Å². The van der Waals surface area contributed by atoms with Crippen molar-refractivity contribution in [2.24, 2.45) is 0 Å². The van der Waals surface area contributed by atoms with Crippen LogP contribution in [0.5, 0.6) is 0 Å². The zero-order chi connectivity index (χ0) is 19.6. The number of para-hydroxylation sites is 1. The first-order valence-corrected chi connectivity index (χ1v) is 8.70. The molecule has 2 aromatic carbocycles. The number of carbonyl (C=O) groups is 1. The van der Waals surface area contributed by atoms with Crippen LogP contribution in [0, 0.1) is 17.0 Å². The molecule has 1 amide bonds. The Morgan fingerprint density at radius 3 is 2.70 bits per heavy atom. The number of carbonyl (C=O) groups excluding carboxylic acids is 1. The number of amides is 1. The Morgan fingerprint density at radius 2 is 2.00 bits per heavy atom. The molecule has 136 valence electrons. The molecule has 0 saturated carbocycles. The molecule has 1 fully saturated rings. The smallest absolute Gasteiger partial charge is 0.281 e. The van der Waals surface area contributed by atoms with Crippen molar-refractivity contribution in [1.29, 1.82) is 0 Å². The van der Waals surface area contributed by atoms with E-state index in [-0.39, 0.29) is 22.4 Å². The van der Waals surface area contributed by atoms with E-state index in [1.165, 1.54) is 17.0 Å². The van der Waals surface area contributed by atoms with E-state index in [1.807, 2.05) is 6.92 Å². The highest BCUT2D eigenvalue weighted by molar-refractivity contribution is 7.80. The van der Waals surface area contributed by atoms with Gasteiger partial charge in [-0.15, -0.1) is 0 Å². The standard InChI is InChI=1S/C19H14ClN3O3S/c1-12-11-14(20)9-10-16(12)22-18(24)15(21-19(22)27)7-4-6-13-5-2-3-8-17(13)23(25)26/h2-11H,1H3,(H,21,27)/b6-4+,15-7+. The first kappa shape index (κ1) is 18.8. The molecule has 0 bridgehead atoms. The maximum absolute atomic E-state index is 12.7. The lowest BCUT2D eigenvalue weighted by atomic mass is 10.1. The van der Waals surface area contributed by atoms with E-state index in [0.29, 0.717) is 16.3 Å². The third-order valence-electron chi connectivity index (χ3n) is 3.95. The zero-order valence-electron chi connectivity index (χ0n) is 14.2. The van der Waals surface area contributed by atoms with Crippen molar-refractivity contribution in [3.63, 3.8) is 0 Å². The van der Waals surface area contributed by atoms with Crippen molar-refractivity contribution in [2.45, 2.75) is 6.92 Å². The minimum atomic E-state index is -0.452. The number of benzene rings is 2. The maximum Gasteiger partial charge on any atom is 0.281 e. The van der Waals surface area contributed by atoms with Crippen molar-refractivity contribution in [1.82, 2.24) is 5.32 Å². The van der Waals surface area contributed by atoms with E-state index in [4.69, 9.17) is 23.8 Å². The fourth-order valence-corrected chi connectivity index (χ4v) is 3.20. The van der Waals surface area contributed by atoms with E-state index < -0.39 is 4.92 Å². The van der Waals surface area contributed by atoms with Crippen LogP contribution in [0.3, 0.4) is 0 Å². The summed E-state index contributed by atoms with van der Waals surface area (Å²) in [4.78, 5) is 24.7. The largest absolute Gasteiger partial charge is 0.327 e. The number of halogens is 1. The molecule has 1 N–H and O–H groups in total. The number of hydrogen-bond acceptors (Lipinski definition) is 4. The van der Waals surface area contributed by atoms with Gasteiger partial charge in [-0.1, -0.05) is 29.8 Å². The van der Waals surface area contributed by atoms with E-state index in [9.17, 15) is 14.9 Å². The minimum Gasteiger partial charge on any atom is -0.327 e. The maximum atomic E-state index is 12.7. The molecular weight excluding hydrogens is 386 g/mol. The van der Waals surface area contributed by atoms with Gasteiger partial charge in [-0.3, -0.25) is 19.8 Å². The summed E-state index contributed by atoms with van der Waals surface area (Å²) in [6.45, 7) is 1.84. The van der Waals surface area contributed by atoms with Gasteiger partial charge in [-0.2, -0.15) is 0 Å². The first-order valence-electron chi connectivity index (χ1n) is 7.92. The second-order valence-electron chi connectivity index (χ2n) is 5.76. The molecule has 0 unspecified atom stereocenters. The van der Waals surface area contributed by atoms with E-state index in [2.05, 4.69) is 5.32 Å².